The fourth-order valence-electron chi connectivity index (χ4n) is 9.66. The molecule has 0 N–H and O–H groups in total. The molecule has 0 aliphatic heterocycles. The first kappa shape index (κ1) is 35.2. The minimum Gasteiger partial charge on any atom is -0.455 e. The summed E-state index contributed by atoms with van der Waals surface area (Å²) in [5, 5.41) is 6.60. The van der Waals surface area contributed by atoms with Crippen LogP contribution in [0.15, 0.2) is 217 Å². The summed E-state index contributed by atoms with van der Waals surface area (Å²) >= 11 is 0. The normalized spacial score (nSPS) is 11.8. The molecule has 9 aromatic carbocycles. The molecule has 0 aliphatic carbocycles. The summed E-state index contributed by atoms with van der Waals surface area (Å²) in [6, 6.07) is 74.3. The van der Waals surface area contributed by atoms with E-state index in [0.29, 0.717) is 23.1 Å². The van der Waals surface area contributed by atoms with Crippen LogP contribution >= 0.6 is 0 Å². The second kappa shape index (κ2) is 14.0. The minimum atomic E-state index is 0.524. The molecule has 0 unspecified atom stereocenters. The summed E-state index contributed by atoms with van der Waals surface area (Å²) in [6.45, 7) is 0. The Morgan fingerprint density at radius 2 is 0.825 bits per heavy atom. The van der Waals surface area contributed by atoms with Crippen LogP contribution in [0.1, 0.15) is 0 Å². The quantitative estimate of drug-likeness (QED) is 0.168. The van der Waals surface area contributed by atoms with Crippen molar-refractivity contribution in [1.82, 2.24) is 24.1 Å². The summed E-state index contributed by atoms with van der Waals surface area (Å²) in [5.41, 5.74) is 12.8. The number of rotatable bonds is 6. The van der Waals surface area contributed by atoms with E-state index in [1.807, 2.05) is 18.2 Å². The van der Waals surface area contributed by atoms with Gasteiger partial charge in [0.2, 0.25) is 0 Å². The SMILES string of the molecule is c1ccc(-c2nc(-c3cc(-n4c5ccccc5c5ccccc54)cc4c3oc3cccc(-c5ccccc5)c34)nc(-c3cccc4c3c3ccccc3n4-c3ccccc3)n2)cc1. The highest BCUT2D eigenvalue weighted by molar-refractivity contribution is 6.18. The zero-order valence-electron chi connectivity index (χ0n) is 33.9. The Morgan fingerprint density at radius 3 is 1.52 bits per heavy atom. The van der Waals surface area contributed by atoms with E-state index in [2.05, 4.69) is 203 Å². The molecule has 0 atom stereocenters. The van der Waals surface area contributed by atoms with Crippen LogP contribution in [-0.2, 0) is 0 Å². The largest absolute Gasteiger partial charge is 0.455 e. The first-order valence-electron chi connectivity index (χ1n) is 21.2. The van der Waals surface area contributed by atoms with Gasteiger partial charge in [-0.05, 0) is 65.7 Å². The molecule has 6 heteroatoms. The third-order valence-corrected chi connectivity index (χ3v) is 12.4. The fraction of sp³-hybridized carbons (Fsp3) is 0. The Balaban J connectivity index is 1.15. The van der Waals surface area contributed by atoms with Crippen LogP contribution in [0.3, 0.4) is 0 Å². The van der Waals surface area contributed by atoms with Gasteiger partial charge in [0, 0.05) is 54.8 Å². The Hall–Kier alpha value is -8.61. The molecule has 6 nitrogen and oxygen atoms in total. The number of aromatic nitrogens is 5. The van der Waals surface area contributed by atoms with E-state index in [4.69, 9.17) is 19.4 Å². The van der Waals surface area contributed by atoms with E-state index in [1.54, 1.807) is 0 Å². The van der Waals surface area contributed by atoms with Gasteiger partial charge < -0.3 is 13.6 Å². The van der Waals surface area contributed by atoms with E-state index in [1.165, 1.54) is 10.8 Å². The van der Waals surface area contributed by atoms with E-state index >= 15 is 0 Å². The van der Waals surface area contributed by atoms with Gasteiger partial charge in [-0.3, -0.25) is 0 Å². The van der Waals surface area contributed by atoms with Gasteiger partial charge in [0.1, 0.15) is 11.2 Å². The standard InChI is InChI=1S/C57H35N5O/c1-4-18-36(19-5-1)40-27-17-33-51-53(40)45-34-39(62-47-29-13-10-24-41(47)42-25-11-14-30-48(42)62)35-46(54(45)63-51)57-59-55(37-20-6-2-7-21-37)58-56(60-57)44-28-16-32-50-52(44)43-26-12-15-31-49(43)61(50)38-22-8-3-9-23-38/h1-35H. The molecule has 13 aromatic rings. The number of hydrogen-bond acceptors (Lipinski definition) is 4. The third-order valence-electron chi connectivity index (χ3n) is 12.4. The number of fused-ring (bicyclic) bond motifs is 9. The van der Waals surface area contributed by atoms with Crippen molar-refractivity contribution in [2.24, 2.45) is 0 Å². The number of benzene rings is 9. The van der Waals surface area contributed by atoms with Gasteiger partial charge in [-0.25, -0.2) is 15.0 Å². The maximum Gasteiger partial charge on any atom is 0.167 e. The molecule has 4 heterocycles. The second-order valence-electron chi connectivity index (χ2n) is 15.9. The molecule has 294 valence electrons. The van der Waals surface area contributed by atoms with E-state index in [0.717, 1.165) is 88.4 Å². The van der Waals surface area contributed by atoms with Gasteiger partial charge in [0.05, 0.1) is 27.6 Å². The first-order chi connectivity index (χ1) is 31.3. The third kappa shape index (κ3) is 5.48. The van der Waals surface area contributed by atoms with Crippen molar-refractivity contribution in [1.29, 1.82) is 0 Å². The van der Waals surface area contributed by atoms with E-state index < -0.39 is 0 Å². The lowest BCUT2D eigenvalue weighted by molar-refractivity contribution is 0.669. The molecule has 4 aromatic heterocycles. The van der Waals surface area contributed by atoms with Gasteiger partial charge in [-0.15, -0.1) is 0 Å². The smallest absolute Gasteiger partial charge is 0.167 e. The first-order valence-corrected chi connectivity index (χ1v) is 21.2. The highest BCUT2D eigenvalue weighted by Crippen LogP contribution is 2.44. The van der Waals surface area contributed by atoms with Crippen molar-refractivity contribution in [3.8, 4) is 56.7 Å². The summed E-state index contributed by atoms with van der Waals surface area (Å²) < 4.78 is 11.7. The summed E-state index contributed by atoms with van der Waals surface area (Å²) in [7, 11) is 0. The van der Waals surface area contributed by atoms with Gasteiger partial charge in [0.25, 0.3) is 0 Å². The number of para-hydroxylation sites is 4. The second-order valence-corrected chi connectivity index (χ2v) is 15.9. The molecule has 0 amide bonds. The molecular formula is C57H35N5O. The molecule has 0 saturated carbocycles. The fourth-order valence-corrected chi connectivity index (χ4v) is 9.66. The number of hydrogen-bond donors (Lipinski definition) is 0. The van der Waals surface area contributed by atoms with Crippen molar-refractivity contribution in [2.75, 3.05) is 0 Å². The van der Waals surface area contributed by atoms with Crippen molar-refractivity contribution < 1.29 is 4.42 Å². The Labute approximate surface area is 361 Å². The van der Waals surface area contributed by atoms with Crippen LogP contribution in [0.5, 0.6) is 0 Å². The van der Waals surface area contributed by atoms with Crippen LogP contribution in [0.2, 0.25) is 0 Å². The Morgan fingerprint density at radius 1 is 0.317 bits per heavy atom. The van der Waals surface area contributed by atoms with Crippen molar-refractivity contribution in [3.05, 3.63) is 212 Å². The van der Waals surface area contributed by atoms with Gasteiger partial charge in [-0.2, -0.15) is 0 Å². The maximum absolute atomic E-state index is 7.01. The average Bonchev–Trinajstić information content (AvgIpc) is 4.02. The van der Waals surface area contributed by atoms with Crippen molar-refractivity contribution >= 4 is 65.6 Å². The maximum atomic E-state index is 7.01. The highest BCUT2D eigenvalue weighted by atomic mass is 16.3. The zero-order valence-corrected chi connectivity index (χ0v) is 33.9. The molecule has 13 rings (SSSR count). The summed E-state index contributed by atoms with van der Waals surface area (Å²) in [6.07, 6.45) is 0. The molecule has 0 aliphatic rings. The lowest BCUT2D eigenvalue weighted by Gasteiger charge is -2.13. The molecule has 0 spiro atoms. The van der Waals surface area contributed by atoms with E-state index in [9.17, 15) is 0 Å². The van der Waals surface area contributed by atoms with E-state index in [-0.39, 0.29) is 0 Å². The molecule has 0 saturated heterocycles. The van der Waals surface area contributed by atoms with Crippen LogP contribution < -0.4 is 0 Å². The molecule has 0 bridgehead atoms. The van der Waals surface area contributed by atoms with Crippen LogP contribution in [0.25, 0.3) is 122 Å². The number of furan rings is 1. The molecule has 0 radical (unpaired) electrons. The van der Waals surface area contributed by atoms with Crippen molar-refractivity contribution in [2.45, 2.75) is 0 Å². The van der Waals surface area contributed by atoms with Crippen molar-refractivity contribution in [3.63, 3.8) is 0 Å². The topological polar surface area (TPSA) is 61.7 Å². The number of nitrogens with zero attached hydrogens (tertiary/aromatic N) is 5. The average molecular weight is 806 g/mol. The lowest BCUT2D eigenvalue weighted by Crippen LogP contribution is -2.02. The highest BCUT2D eigenvalue weighted by Gasteiger charge is 2.24. The van der Waals surface area contributed by atoms with Crippen LogP contribution in [0, 0.1) is 0 Å². The molecular weight excluding hydrogens is 771 g/mol. The predicted molar refractivity (Wildman–Crippen MR) is 258 cm³/mol. The minimum absolute atomic E-state index is 0.524. The molecule has 0 fully saturated rings. The summed E-state index contributed by atoms with van der Waals surface area (Å²) in [5.74, 6) is 1.68. The monoisotopic (exact) mass is 805 g/mol. The Kier molecular flexibility index (Phi) is 7.80. The predicted octanol–water partition coefficient (Wildman–Crippen LogP) is 14.6. The van der Waals surface area contributed by atoms with Crippen LogP contribution in [-0.4, -0.2) is 24.1 Å². The lowest BCUT2D eigenvalue weighted by atomic mass is 9.98. The van der Waals surface area contributed by atoms with Crippen LogP contribution in [0.4, 0.5) is 0 Å². The van der Waals surface area contributed by atoms with Gasteiger partial charge in [-0.1, -0.05) is 158 Å². The van der Waals surface area contributed by atoms with Gasteiger partial charge in [0.15, 0.2) is 17.5 Å². The zero-order chi connectivity index (χ0) is 41.4. The molecule has 63 heavy (non-hydrogen) atoms. The Bertz CT molecular complexity index is 3850. The van der Waals surface area contributed by atoms with Gasteiger partial charge >= 0.3 is 0 Å². The summed E-state index contributed by atoms with van der Waals surface area (Å²) in [4.78, 5) is 16.1.